The number of anilines is 3. The monoisotopic (exact) mass is 715 g/mol. The Morgan fingerprint density at radius 3 is 1.27 bits per heavy atom. The summed E-state index contributed by atoms with van der Waals surface area (Å²) in [5.41, 5.74) is 16.0. The minimum atomic E-state index is 0.978. The predicted octanol–water partition coefficient (Wildman–Crippen LogP) is 14.3. The summed E-state index contributed by atoms with van der Waals surface area (Å²) in [4.78, 5) is 6.93. The molecule has 10 aromatic rings. The molecule has 0 unspecified atom stereocenters. The average molecular weight is 716 g/mol. The molecule has 0 amide bonds. The van der Waals surface area contributed by atoms with E-state index in [9.17, 15) is 0 Å². The van der Waals surface area contributed by atoms with Crippen molar-refractivity contribution in [3.63, 3.8) is 0 Å². The number of rotatable bonds is 8. The number of nitrogens with zero attached hydrogens (tertiary/aromatic N) is 3. The average Bonchev–Trinajstić information content (AvgIpc) is 3.62. The van der Waals surface area contributed by atoms with E-state index < -0.39 is 0 Å². The third-order valence-electron chi connectivity index (χ3n) is 10.7. The maximum absolute atomic E-state index is 4.60. The van der Waals surface area contributed by atoms with E-state index in [0.29, 0.717) is 0 Å². The molecule has 3 heteroatoms. The van der Waals surface area contributed by atoms with Crippen LogP contribution in [0.2, 0.25) is 0 Å². The summed E-state index contributed by atoms with van der Waals surface area (Å²) < 4.78 is 2.36. The highest BCUT2D eigenvalue weighted by atomic mass is 15.1. The number of fused-ring (bicyclic) bond motifs is 3. The van der Waals surface area contributed by atoms with Gasteiger partial charge in [0.15, 0.2) is 0 Å². The number of hydrogen-bond acceptors (Lipinski definition) is 2. The fraction of sp³-hybridized carbons (Fsp3) is 0. The van der Waals surface area contributed by atoms with Crippen molar-refractivity contribution in [3.8, 4) is 50.3 Å². The van der Waals surface area contributed by atoms with Gasteiger partial charge in [-0.25, -0.2) is 0 Å². The van der Waals surface area contributed by atoms with Gasteiger partial charge in [-0.1, -0.05) is 140 Å². The number of aromatic nitrogens is 2. The fourth-order valence-corrected chi connectivity index (χ4v) is 7.86. The maximum Gasteiger partial charge on any atom is 0.0702 e. The van der Waals surface area contributed by atoms with Crippen LogP contribution in [0.25, 0.3) is 72.1 Å². The largest absolute Gasteiger partial charge is 0.311 e. The van der Waals surface area contributed by atoms with E-state index >= 15 is 0 Å². The second-order valence-corrected chi connectivity index (χ2v) is 14.1. The van der Waals surface area contributed by atoms with Gasteiger partial charge < -0.3 is 9.47 Å². The number of hydrogen-bond donors (Lipinski definition) is 0. The molecular formula is C53H37N3. The van der Waals surface area contributed by atoms with E-state index in [1.165, 1.54) is 55.2 Å². The Morgan fingerprint density at radius 2 is 0.750 bits per heavy atom. The predicted molar refractivity (Wildman–Crippen MR) is 235 cm³/mol. The Bertz CT molecular complexity index is 2810. The molecule has 2 aromatic heterocycles. The molecule has 3 nitrogen and oxygen atoms in total. The molecule has 0 fully saturated rings. The van der Waals surface area contributed by atoms with Crippen molar-refractivity contribution in [1.82, 2.24) is 9.55 Å². The lowest BCUT2D eigenvalue weighted by atomic mass is 10.0. The molecule has 2 heterocycles. The fourth-order valence-electron chi connectivity index (χ4n) is 7.86. The van der Waals surface area contributed by atoms with E-state index in [2.05, 4.69) is 221 Å². The van der Waals surface area contributed by atoms with E-state index in [0.717, 1.165) is 34.0 Å². The Kier molecular flexibility index (Phi) is 8.51. The number of pyridine rings is 1. The topological polar surface area (TPSA) is 21.1 Å². The van der Waals surface area contributed by atoms with Crippen molar-refractivity contribution < 1.29 is 0 Å². The maximum atomic E-state index is 4.60. The molecule has 0 saturated heterocycles. The molecule has 264 valence electrons. The minimum absolute atomic E-state index is 0.978. The summed E-state index contributed by atoms with van der Waals surface area (Å²) in [5.74, 6) is 0. The zero-order chi connectivity index (χ0) is 37.3. The van der Waals surface area contributed by atoms with Crippen molar-refractivity contribution in [2.45, 2.75) is 0 Å². The first-order chi connectivity index (χ1) is 27.8. The van der Waals surface area contributed by atoms with Crippen LogP contribution in [0.5, 0.6) is 0 Å². The summed E-state index contributed by atoms with van der Waals surface area (Å²) in [6.07, 6.45) is 1.85. The van der Waals surface area contributed by atoms with Crippen LogP contribution < -0.4 is 4.90 Å². The van der Waals surface area contributed by atoms with Gasteiger partial charge in [0, 0.05) is 45.3 Å². The lowest BCUT2D eigenvalue weighted by Crippen LogP contribution is -2.09. The highest BCUT2D eigenvalue weighted by molar-refractivity contribution is 6.10. The molecule has 8 aromatic carbocycles. The van der Waals surface area contributed by atoms with Gasteiger partial charge in [0.1, 0.15) is 0 Å². The Labute approximate surface area is 327 Å². The van der Waals surface area contributed by atoms with Gasteiger partial charge >= 0.3 is 0 Å². The smallest absolute Gasteiger partial charge is 0.0702 e. The molecule has 0 atom stereocenters. The van der Waals surface area contributed by atoms with Crippen LogP contribution in [-0.4, -0.2) is 9.55 Å². The molecule has 0 N–H and O–H groups in total. The second kappa shape index (κ2) is 14.4. The van der Waals surface area contributed by atoms with Crippen LogP contribution >= 0.6 is 0 Å². The Morgan fingerprint density at radius 1 is 0.321 bits per heavy atom. The van der Waals surface area contributed by atoms with Crippen LogP contribution in [0.1, 0.15) is 0 Å². The summed E-state index contributed by atoms with van der Waals surface area (Å²) >= 11 is 0. The molecule has 0 saturated carbocycles. The van der Waals surface area contributed by atoms with Crippen molar-refractivity contribution in [1.29, 1.82) is 0 Å². The zero-order valence-corrected chi connectivity index (χ0v) is 30.7. The SMILES string of the molecule is c1ccc(-c2ccc(N(c3ccc(-c4ccccc4)cc3)c3ccc(-c4ccc(-n5c6ccccc6c6cc(-c7ccccn7)ccc65)cc4)cc3)cc2)cc1. The van der Waals surface area contributed by atoms with Crippen LogP contribution in [0, 0.1) is 0 Å². The lowest BCUT2D eigenvalue weighted by Gasteiger charge is -2.26. The van der Waals surface area contributed by atoms with E-state index in [-0.39, 0.29) is 0 Å². The first-order valence-electron chi connectivity index (χ1n) is 19.0. The summed E-state index contributed by atoms with van der Waals surface area (Å²) in [6, 6.07) is 78.0. The first kappa shape index (κ1) is 33.1. The molecule has 0 aliphatic heterocycles. The summed E-state index contributed by atoms with van der Waals surface area (Å²) in [7, 11) is 0. The highest BCUT2D eigenvalue weighted by Crippen LogP contribution is 2.39. The number of benzene rings is 8. The molecule has 0 aliphatic rings. The molecule has 0 aliphatic carbocycles. The second-order valence-electron chi connectivity index (χ2n) is 14.1. The third kappa shape index (κ3) is 6.21. The quantitative estimate of drug-likeness (QED) is 0.156. The summed E-state index contributed by atoms with van der Waals surface area (Å²) in [6.45, 7) is 0. The normalized spacial score (nSPS) is 11.2. The van der Waals surface area contributed by atoms with Crippen LogP contribution in [0.15, 0.2) is 225 Å². The van der Waals surface area contributed by atoms with Crippen molar-refractivity contribution >= 4 is 38.9 Å². The highest BCUT2D eigenvalue weighted by Gasteiger charge is 2.16. The minimum Gasteiger partial charge on any atom is -0.311 e. The van der Waals surface area contributed by atoms with Crippen molar-refractivity contribution in [3.05, 3.63) is 225 Å². The van der Waals surface area contributed by atoms with Gasteiger partial charge in [0.2, 0.25) is 0 Å². The molecule has 10 rings (SSSR count). The van der Waals surface area contributed by atoms with Gasteiger partial charge in [-0.05, 0) is 112 Å². The lowest BCUT2D eigenvalue weighted by molar-refractivity contribution is 1.18. The Hall–Kier alpha value is -7.49. The van der Waals surface area contributed by atoms with Gasteiger partial charge in [-0.3, -0.25) is 4.98 Å². The summed E-state index contributed by atoms with van der Waals surface area (Å²) in [5, 5.41) is 2.45. The standard InChI is InChI=1S/C53H37N3/c1-3-11-38(12-4-1)40-18-27-45(28-19-40)55(46-29-20-41(21-30-46)39-13-5-2-6-14-39)47-31-22-42(23-32-47)43-24-33-48(34-25-43)56-52-17-8-7-15-49(52)50-37-44(26-35-53(50)56)51-16-9-10-36-54-51/h1-37H. The van der Waals surface area contributed by atoms with E-state index in [4.69, 9.17) is 0 Å². The van der Waals surface area contributed by atoms with Gasteiger partial charge in [-0.2, -0.15) is 0 Å². The van der Waals surface area contributed by atoms with E-state index in [1.54, 1.807) is 0 Å². The number of para-hydroxylation sites is 1. The van der Waals surface area contributed by atoms with Crippen molar-refractivity contribution in [2.24, 2.45) is 0 Å². The molecule has 0 bridgehead atoms. The van der Waals surface area contributed by atoms with Crippen LogP contribution in [0.4, 0.5) is 17.1 Å². The molecule has 56 heavy (non-hydrogen) atoms. The molecule has 0 radical (unpaired) electrons. The van der Waals surface area contributed by atoms with Crippen molar-refractivity contribution in [2.75, 3.05) is 4.90 Å². The van der Waals surface area contributed by atoms with E-state index in [1.807, 2.05) is 18.3 Å². The van der Waals surface area contributed by atoms with Gasteiger partial charge in [-0.15, -0.1) is 0 Å². The molecule has 0 spiro atoms. The zero-order valence-electron chi connectivity index (χ0n) is 30.7. The third-order valence-corrected chi connectivity index (χ3v) is 10.7. The first-order valence-corrected chi connectivity index (χ1v) is 19.0. The van der Waals surface area contributed by atoms with Crippen LogP contribution in [0.3, 0.4) is 0 Å². The molecular weight excluding hydrogens is 679 g/mol. The Balaban J connectivity index is 0.979. The van der Waals surface area contributed by atoms with Gasteiger partial charge in [0.25, 0.3) is 0 Å². The van der Waals surface area contributed by atoms with Gasteiger partial charge in [0.05, 0.1) is 16.7 Å². The van der Waals surface area contributed by atoms with Crippen LogP contribution in [-0.2, 0) is 0 Å².